The fourth-order valence-corrected chi connectivity index (χ4v) is 5.17. The van der Waals surface area contributed by atoms with E-state index in [0.29, 0.717) is 21.0 Å². The van der Waals surface area contributed by atoms with Crippen LogP contribution in [0, 0.1) is 23.3 Å². The first-order chi connectivity index (χ1) is 18.5. The van der Waals surface area contributed by atoms with E-state index >= 15 is 0 Å². The summed E-state index contributed by atoms with van der Waals surface area (Å²) >= 11 is 2.09. The molecule has 1 unspecified atom stereocenters. The Balaban J connectivity index is 1.64. The molecule has 0 bridgehead atoms. The highest BCUT2D eigenvalue weighted by Crippen LogP contribution is 2.41. The topological polar surface area (TPSA) is 58.2 Å². The Morgan fingerprint density at radius 1 is 0.795 bits per heavy atom. The van der Waals surface area contributed by atoms with Crippen molar-refractivity contribution in [3.05, 3.63) is 111 Å². The van der Waals surface area contributed by atoms with Crippen LogP contribution in [-0.4, -0.2) is 11.8 Å². The number of carbonyl (C=O) groups is 2. The van der Waals surface area contributed by atoms with E-state index in [1.807, 2.05) is 0 Å². The van der Waals surface area contributed by atoms with Crippen LogP contribution in [0.25, 0.3) is 0 Å². The lowest BCUT2D eigenvalue weighted by atomic mass is 10.1. The molecule has 13 heteroatoms. The molecule has 0 fully saturated rings. The number of thiophene rings is 1. The first-order valence-corrected chi connectivity index (χ1v) is 12.6. The van der Waals surface area contributed by atoms with Crippen molar-refractivity contribution in [1.82, 2.24) is 0 Å². The van der Waals surface area contributed by atoms with Crippen molar-refractivity contribution < 1.29 is 40.3 Å². The lowest BCUT2D eigenvalue weighted by molar-refractivity contribution is -0.143. The zero-order valence-electron chi connectivity index (χ0n) is 19.3. The lowest BCUT2D eigenvalue weighted by Crippen LogP contribution is -2.23. The van der Waals surface area contributed by atoms with Gasteiger partial charge in [-0.15, -0.1) is 23.1 Å². The Morgan fingerprint density at radius 2 is 1.46 bits per heavy atom. The van der Waals surface area contributed by atoms with Crippen LogP contribution < -0.4 is 10.6 Å². The Bertz CT molecular complexity index is 1480. The molecule has 1 aromatic heterocycles. The Morgan fingerprint density at radius 3 is 2.05 bits per heavy atom. The minimum absolute atomic E-state index is 0.307. The molecule has 0 saturated carbocycles. The van der Waals surface area contributed by atoms with Crippen molar-refractivity contribution in [3.63, 3.8) is 0 Å². The predicted molar refractivity (Wildman–Crippen MR) is 134 cm³/mol. The van der Waals surface area contributed by atoms with E-state index in [2.05, 4.69) is 5.32 Å². The van der Waals surface area contributed by atoms with Crippen molar-refractivity contribution in [1.29, 1.82) is 0 Å². The number of hydrogen-bond acceptors (Lipinski definition) is 4. The summed E-state index contributed by atoms with van der Waals surface area (Å²) in [6.07, 6.45) is -5.72. The second kappa shape index (κ2) is 11.5. The van der Waals surface area contributed by atoms with Gasteiger partial charge in [0.15, 0.2) is 23.3 Å². The number of benzene rings is 3. The van der Waals surface area contributed by atoms with E-state index in [0.717, 1.165) is 11.8 Å². The first kappa shape index (κ1) is 28.2. The minimum Gasteiger partial charge on any atom is -0.321 e. The second-order valence-corrected chi connectivity index (χ2v) is 9.99. The van der Waals surface area contributed by atoms with E-state index in [-0.39, 0.29) is 5.91 Å². The number of halogens is 7. The third-order valence-electron chi connectivity index (χ3n) is 5.23. The summed E-state index contributed by atoms with van der Waals surface area (Å²) in [5, 5.41) is 4.84. The summed E-state index contributed by atoms with van der Waals surface area (Å²) in [6, 6.07) is 17.3. The van der Waals surface area contributed by atoms with Crippen molar-refractivity contribution >= 4 is 46.3 Å². The molecule has 39 heavy (non-hydrogen) atoms. The van der Waals surface area contributed by atoms with Gasteiger partial charge in [0.2, 0.25) is 5.91 Å². The molecule has 2 amide bonds. The molecule has 0 radical (unpaired) electrons. The van der Waals surface area contributed by atoms with Crippen LogP contribution in [0.5, 0.6) is 0 Å². The quantitative estimate of drug-likeness (QED) is 0.131. The average molecular weight is 585 g/mol. The van der Waals surface area contributed by atoms with Gasteiger partial charge in [-0.3, -0.25) is 9.59 Å². The van der Waals surface area contributed by atoms with Gasteiger partial charge in [0.1, 0.15) is 16.5 Å². The van der Waals surface area contributed by atoms with Gasteiger partial charge in [-0.25, -0.2) is 17.6 Å². The number of alkyl halides is 3. The highest BCUT2D eigenvalue weighted by molar-refractivity contribution is 8.00. The van der Waals surface area contributed by atoms with Crippen molar-refractivity contribution in [3.8, 4) is 0 Å². The van der Waals surface area contributed by atoms with E-state index in [4.69, 9.17) is 0 Å². The lowest BCUT2D eigenvalue weighted by Gasteiger charge is -2.19. The van der Waals surface area contributed by atoms with Gasteiger partial charge >= 0.3 is 6.18 Å². The molecule has 0 aliphatic carbocycles. The maximum atomic E-state index is 14.4. The summed E-state index contributed by atoms with van der Waals surface area (Å²) in [5.41, 5.74) is -3.76. The van der Waals surface area contributed by atoms with E-state index in [9.17, 15) is 40.3 Å². The van der Waals surface area contributed by atoms with Crippen LogP contribution in [0.1, 0.15) is 26.0 Å². The van der Waals surface area contributed by atoms with E-state index in [1.54, 1.807) is 59.2 Å². The third kappa shape index (κ3) is 6.25. The molecule has 4 aromatic rings. The highest BCUT2D eigenvalue weighted by atomic mass is 32.2. The normalized spacial score (nSPS) is 12.2. The number of amides is 2. The molecule has 1 atom stereocenters. The number of carbonyl (C=O) groups excluding carboxylic acids is 2. The standard InChI is InChI=1S/C26H15F7N2O2S2/c27-18-17(26(31,32)33)19(28)21(30)22(20(18)29)35-25(37)23(13-6-2-1-3-7-13)39-15-9-4-8-14(12-15)34-24(36)16-10-5-11-38-16/h1-12,23H,(H,34,36)(H,35,37). The maximum absolute atomic E-state index is 14.4. The minimum atomic E-state index is -5.72. The summed E-state index contributed by atoms with van der Waals surface area (Å²) < 4.78 is 95.8. The molecular weight excluding hydrogens is 569 g/mol. The molecule has 1 heterocycles. The molecule has 4 rings (SSSR count). The Labute approximate surface area is 224 Å². The van der Waals surface area contributed by atoms with Gasteiger partial charge in [0.25, 0.3) is 5.91 Å². The molecule has 0 saturated heterocycles. The van der Waals surface area contributed by atoms with Crippen molar-refractivity contribution in [2.24, 2.45) is 0 Å². The molecule has 0 aliphatic rings. The summed E-state index contributed by atoms with van der Waals surface area (Å²) in [7, 11) is 0. The van der Waals surface area contributed by atoms with Gasteiger partial charge in [-0.1, -0.05) is 42.5 Å². The molecule has 4 nitrogen and oxygen atoms in total. The number of rotatable bonds is 7. The number of nitrogens with one attached hydrogen (secondary N) is 2. The molecule has 2 N–H and O–H groups in total. The second-order valence-electron chi connectivity index (χ2n) is 7.86. The van der Waals surface area contributed by atoms with Gasteiger partial charge in [0.05, 0.1) is 4.88 Å². The van der Waals surface area contributed by atoms with Gasteiger partial charge in [-0.05, 0) is 35.2 Å². The van der Waals surface area contributed by atoms with Crippen LogP contribution in [0.15, 0.2) is 77.0 Å². The zero-order valence-corrected chi connectivity index (χ0v) is 20.9. The van der Waals surface area contributed by atoms with Gasteiger partial charge in [-0.2, -0.15) is 13.2 Å². The monoisotopic (exact) mass is 584 g/mol. The largest absolute Gasteiger partial charge is 0.422 e. The fraction of sp³-hybridized carbons (Fsp3) is 0.0769. The highest BCUT2D eigenvalue weighted by Gasteiger charge is 2.42. The van der Waals surface area contributed by atoms with Crippen LogP contribution in [0.2, 0.25) is 0 Å². The molecule has 202 valence electrons. The zero-order chi connectivity index (χ0) is 28.3. The number of hydrogen-bond donors (Lipinski definition) is 2. The third-order valence-corrected chi connectivity index (χ3v) is 7.34. The Hall–Kier alpha value is -3.84. The van der Waals surface area contributed by atoms with E-state index in [1.165, 1.54) is 29.5 Å². The molecular formula is C26H15F7N2O2S2. The number of thioether (sulfide) groups is 1. The van der Waals surface area contributed by atoms with Crippen LogP contribution in [-0.2, 0) is 11.0 Å². The Kier molecular flexibility index (Phi) is 8.31. The molecule has 0 aliphatic heterocycles. The van der Waals surface area contributed by atoms with Crippen LogP contribution in [0.4, 0.5) is 42.1 Å². The molecule has 0 spiro atoms. The SMILES string of the molecule is O=C(Nc1cccc(SC(C(=O)Nc2c(F)c(F)c(C(F)(F)F)c(F)c2F)c2ccccc2)c1)c1cccs1. The van der Waals surface area contributed by atoms with Crippen molar-refractivity contribution in [2.45, 2.75) is 16.3 Å². The number of anilines is 2. The maximum Gasteiger partial charge on any atom is 0.422 e. The van der Waals surface area contributed by atoms with Gasteiger partial charge < -0.3 is 10.6 Å². The van der Waals surface area contributed by atoms with E-state index < -0.39 is 51.9 Å². The van der Waals surface area contributed by atoms with Gasteiger partial charge in [0, 0.05) is 10.6 Å². The predicted octanol–water partition coefficient (Wildman–Crippen LogP) is 8.05. The van der Waals surface area contributed by atoms with Crippen molar-refractivity contribution in [2.75, 3.05) is 10.6 Å². The first-order valence-electron chi connectivity index (χ1n) is 10.9. The smallest absolute Gasteiger partial charge is 0.321 e. The molecule has 3 aromatic carbocycles. The van der Waals surface area contributed by atoms with Crippen LogP contribution in [0.3, 0.4) is 0 Å². The fourth-order valence-electron chi connectivity index (χ4n) is 3.46. The summed E-state index contributed by atoms with van der Waals surface area (Å²) in [4.78, 5) is 26.4. The average Bonchev–Trinajstić information content (AvgIpc) is 3.44. The summed E-state index contributed by atoms with van der Waals surface area (Å²) in [5.74, 6) is -11.7. The summed E-state index contributed by atoms with van der Waals surface area (Å²) in [6.45, 7) is 0. The van der Waals surface area contributed by atoms with Crippen LogP contribution >= 0.6 is 23.1 Å².